The van der Waals surface area contributed by atoms with Gasteiger partial charge in [0.2, 0.25) is 5.95 Å². The summed E-state index contributed by atoms with van der Waals surface area (Å²) >= 11 is 0. The molecule has 0 saturated carbocycles. The summed E-state index contributed by atoms with van der Waals surface area (Å²) in [6, 6.07) is 51.0. The molecule has 5 heteroatoms. The van der Waals surface area contributed by atoms with Crippen molar-refractivity contribution in [1.82, 2.24) is 19.5 Å². The monoisotopic (exact) mass is 654 g/mol. The third-order valence-electron chi connectivity index (χ3n) is 10.8. The van der Waals surface area contributed by atoms with Crippen LogP contribution in [0.4, 0.5) is 0 Å². The van der Waals surface area contributed by atoms with Crippen molar-refractivity contribution in [2.45, 2.75) is 19.3 Å². The Balaban J connectivity index is 1.26. The van der Waals surface area contributed by atoms with E-state index in [0.29, 0.717) is 17.6 Å². The zero-order valence-electron chi connectivity index (χ0n) is 28.1. The van der Waals surface area contributed by atoms with Gasteiger partial charge in [-0.15, -0.1) is 0 Å². The van der Waals surface area contributed by atoms with Crippen molar-refractivity contribution >= 4 is 54.5 Å². The van der Waals surface area contributed by atoms with Crippen LogP contribution >= 0.6 is 0 Å². The smallest absolute Gasteiger partial charge is 0.238 e. The topological polar surface area (TPSA) is 56.7 Å². The first kappa shape index (κ1) is 28.3. The maximum absolute atomic E-state index is 6.81. The van der Waals surface area contributed by atoms with E-state index < -0.39 is 0 Å². The van der Waals surface area contributed by atoms with Gasteiger partial charge in [0.05, 0.1) is 5.52 Å². The summed E-state index contributed by atoms with van der Waals surface area (Å²) in [4.78, 5) is 15.7. The highest BCUT2D eigenvalue weighted by molar-refractivity contribution is 6.34. The average Bonchev–Trinajstić information content (AvgIpc) is 3.82. The summed E-state index contributed by atoms with van der Waals surface area (Å²) < 4.78 is 8.99. The van der Waals surface area contributed by atoms with E-state index in [9.17, 15) is 0 Å². The molecule has 0 N–H and O–H groups in total. The number of nitrogens with zero attached hydrogens (tertiary/aromatic N) is 4. The third kappa shape index (κ3) is 3.89. The summed E-state index contributed by atoms with van der Waals surface area (Å²) in [6.45, 7) is 4.60. The molecule has 1 aliphatic carbocycles. The van der Waals surface area contributed by atoms with Gasteiger partial charge < -0.3 is 4.42 Å². The third-order valence-corrected chi connectivity index (χ3v) is 10.8. The van der Waals surface area contributed by atoms with Crippen LogP contribution in [-0.4, -0.2) is 19.5 Å². The molecule has 0 spiro atoms. The van der Waals surface area contributed by atoms with E-state index in [0.717, 1.165) is 60.3 Å². The van der Waals surface area contributed by atoms with Crippen molar-refractivity contribution in [3.63, 3.8) is 0 Å². The van der Waals surface area contributed by atoms with Gasteiger partial charge in [0.1, 0.15) is 11.1 Å². The Morgan fingerprint density at radius 1 is 0.510 bits per heavy atom. The van der Waals surface area contributed by atoms with Crippen LogP contribution in [0.5, 0.6) is 0 Å². The van der Waals surface area contributed by atoms with Crippen LogP contribution in [0.2, 0.25) is 0 Å². The molecule has 51 heavy (non-hydrogen) atoms. The Bertz CT molecular complexity index is 3060. The maximum atomic E-state index is 6.81. The molecule has 0 aliphatic heterocycles. The number of benzene rings is 7. The summed E-state index contributed by atoms with van der Waals surface area (Å²) in [5.74, 6) is 1.79. The SMILES string of the molecule is CC1(C)c2ccccc2-c2ccc(-c3nc(-c4ccccc4)nc(-n4c5ccccc5c5c6ccccc6c6c7ccccc7oc6c54)n3)cc21. The standard InChI is InChI=1S/C46H30N4O/c1-46(2)35-21-11-8-16-29(35)30-25-24-28(26-36(30)46)44-47-43(27-14-4-3-5-15-27)48-45(49-44)50-37-22-12-9-19-33(37)39-31-17-6-7-18-32(31)40-34-20-10-13-23-38(34)51-42(40)41(39)50/h3-26H,1-2H3. The first-order chi connectivity index (χ1) is 25.1. The number of para-hydroxylation sites is 2. The molecule has 7 aromatic carbocycles. The van der Waals surface area contributed by atoms with Crippen LogP contribution in [0.1, 0.15) is 25.0 Å². The normalized spacial score (nSPS) is 13.5. The van der Waals surface area contributed by atoms with Crippen molar-refractivity contribution in [3.05, 3.63) is 157 Å². The second-order valence-electron chi connectivity index (χ2n) is 14.0. The molecular weight excluding hydrogens is 625 g/mol. The second-order valence-corrected chi connectivity index (χ2v) is 14.0. The lowest BCUT2D eigenvalue weighted by atomic mass is 9.82. The molecule has 11 rings (SSSR count). The molecule has 240 valence electrons. The van der Waals surface area contributed by atoms with Gasteiger partial charge in [-0.25, -0.2) is 4.98 Å². The Morgan fingerprint density at radius 2 is 1.14 bits per heavy atom. The minimum atomic E-state index is -0.152. The van der Waals surface area contributed by atoms with Crippen LogP contribution in [0.3, 0.4) is 0 Å². The van der Waals surface area contributed by atoms with Gasteiger partial charge in [0, 0.05) is 38.1 Å². The molecule has 3 aromatic heterocycles. The van der Waals surface area contributed by atoms with E-state index in [4.69, 9.17) is 19.4 Å². The van der Waals surface area contributed by atoms with Gasteiger partial charge in [0.15, 0.2) is 17.2 Å². The fraction of sp³-hybridized carbons (Fsp3) is 0.0652. The summed E-state index contributed by atoms with van der Waals surface area (Å²) in [6.07, 6.45) is 0. The molecule has 0 unspecified atom stereocenters. The van der Waals surface area contributed by atoms with Crippen LogP contribution in [0.25, 0.3) is 94.4 Å². The van der Waals surface area contributed by atoms with E-state index >= 15 is 0 Å². The molecule has 0 atom stereocenters. The lowest BCUT2D eigenvalue weighted by Crippen LogP contribution is -2.15. The number of aromatic nitrogens is 4. The zero-order valence-corrected chi connectivity index (χ0v) is 28.1. The van der Waals surface area contributed by atoms with Crippen molar-refractivity contribution < 1.29 is 4.42 Å². The van der Waals surface area contributed by atoms with Crippen LogP contribution in [-0.2, 0) is 5.41 Å². The minimum Gasteiger partial charge on any atom is -0.454 e. The number of furan rings is 1. The van der Waals surface area contributed by atoms with E-state index in [1.54, 1.807) is 0 Å². The Kier molecular flexibility index (Phi) is 5.66. The van der Waals surface area contributed by atoms with Crippen molar-refractivity contribution in [2.75, 3.05) is 0 Å². The molecule has 0 bridgehead atoms. The second kappa shape index (κ2) is 10.2. The molecule has 0 fully saturated rings. The number of fused-ring (bicyclic) bond motifs is 13. The minimum absolute atomic E-state index is 0.152. The van der Waals surface area contributed by atoms with Gasteiger partial charge in [-0.2, -0.15) is 9.97 Å². The largest absolute Gasteiger partial charge is 0.454 e. The van der Waals surface area contributed by atoms with Gasteiger partial charge >= 0.3 is 0 Å². The van der Waals surface area contributed by atoms with Crippen LogP contribution in [0, 0.1) is 0 Å². The fourth-order valence-corrected chi connectivity index (χ4v) is 8.49. The molecule has 0 saturated heterocycles. The number of hydrogen-bond donors (Lipinski definition) is 0. The lowest BCUT2D eigenvalue weighted by Gasteiger charge is -2.21. The van der Waals surface area contributed by atoms with Gasteiger partial charge in [-0.3, -0.25) is 4.57 Å². The Labute approximate surface area is 293 Å². The van der Waals surface area contributed by atoms with E-state index in [1.165, 1.54) is 27.6 Å². The number of rotatable bonds is 3. The van der Waals surface area contributed by atoms with Gasteiger partial charge in [-0.05, 0) is 51.2 Å². The molecule has 0 amide bonds. The molecule has 1 aliphatic rings. The van der Waals surface area contributed by atoms with Crippen LogP contribution < -0.4 is 0 Å². The molecular formula is C46H30N4O. The zero-order chi connectivity index (χ0) is 33.8. The van der Waals surface area contributed by atoms with Gasteiger partial charge in [0.25, 0.3) is 0 Å². The van der Waals surface area contributed by atoms with Crippen molar-refractivity contribution in [1.29, 1.82) is 0 Å². The first-order valence-corrected chi connectivity index (χ1v) is 17.4. The first-order valence-electron chi connectivity index (χ1n) is 17.4. The number of hydrogen-bond acceptors (Lipinski definition) is 4. The van der Waals surface area contributed by atoms with Crippen molar-refractivity contribution in [3.8, 4) is 39.9 Å². The summed E-state index contributed by atoms with van der Waals surface area (Å²) in [7, 11) is 0. The Hall–Kier alpha value is -6.59. The van der Waals surface area contributed by atoms with Crippen molar-refractivity contribution in [2.24, 2.45) is 0 Å². The summed E-state index contributed by atoms with van der Waals surface area (Å²) in [5.41, 5.74) is 10.5. The predicted molar refractivity (Wildman–Crippen MR) is 207 cm³/mol. The van der Waals surface area contributed by atoms with E-state index in [-0.39, 0.29) is 5.41 Å². The Morgan fingerprint density at radius 3 is 1.96 bits per heavy atom. The fourth-order valence-electron chi connectivity index (χ4n) is 8.49. The van der Waals surface area contributed by atoms with E-state index in [1.807, 2.05) is 30.3 Å². The molecule has 10 aromatic rings. The van der Waals surface area contributed by atoms with Crippen LogP contribution in [0.15, 0.2) is 150 Å². The predicted octanol–water partition coefficient (Wildman–Crippen LogP) is 11.7. The average molecular weight is 655 g/mol. The van der Waals surface area contributed by atoms with Gasteiger partial charge in [-0.1, -0.05) is 141 Å². The lowest BCUT2D eigenvalue weighted by molar-refractivity contribution is 0.660. The highest BCUT2D eigenvalue weighted by atomic mass is 16.3. The molecule has 5 nitrogen and oxygen atoms in total. The van der Waals surface area contributed by atoms with E-state index in [2.05, 4.69) is 134 Å². The highest BCUT2D eigenvalue weighted by Crippen LogP contribution is 2.50. The maximum Gasteiger partial charge on any atom is 0.238 e. The quantitative estimate of drug-likeness (QED) is 0.190. The molecule has 3 heterocycles. The molecule has 0 radical (unpaired) electrons. The highest BCUT2D eigenvalue weighted by Gasteiger charge is 2.35. The summed E-state index contributed by atoms with van der Waals surface area (Å²) in [5, 5.41) is 6.75.